The molecule has 5 heterocycles. The van der Waals surface area contributed by atoms with Crippen LogP contribution in [-0.2, 0) is 20.1 Å². The molecule has 0 saturated heterocycles. The molecule has 0 aliphatic heterocycles. The Labute approximate surface area is 288 Å². The van der Waals surface area contributed by atoms with Gasteiger partial charge in [0.05, 0.1) is 11.1 Å². The standard InChI is InChI=1S/C27H18N3O.C12H10N.Ir/c1-16-8-9-22-21-5-3-6-23(26(21)31-27(22)30-16)25-15-18(12-14-29-25)19-10-11-24-20(17(19)2)7-4-13-28-24;1-10-7-8-12(13-9-10)11-5-3-2-4-6-11;/h3-5,7-15H,1-2H3;2-5,7-9H,1H3;/q2*-1;/i1D3,2D3;1D3;. The average molecular weight is 770 g/mol. The Morgan fingerprint density at radius 2 is 1.69 bits per heavy atom. The van der Waals surface area contributed by atoms with Gasteiger partial charge >= 0.3 is 0 Å². The first kappa shape index (κ1) is 20.8. The molecule has 0 N–H and O–H groups in total. The summed E-state index contributed by atoms with van der Waals surface area (Å²) in [6.07, 6.45) is 4.64. The van der Waals surface area contributed by atoms with Gasteiger partial charge in [0, 0.05) is 67.5 Å². The summed E-state index contributed by atoms with van der Waals surface area (Å²) < 4.78 is 75.3. The number of aromatic nitrogens is 4. The van der Waals surface area contributed by atoms with E-state index in [9.17, 15) is 0 Å². The van der Waals surface area contributed by atoms with Crippen molar-refractivity contribution in [1.29, 1.82) is 0 Å². The number of hydrogen-bond donors (Lipinski definition) is 0. The summed E-state index contributed by atoms with van der Waals surface area (Å²) in [6.45, 7) is -6.81. The predicted octanol–water partition coefficient (Wildman–Crippen LogP) is 9.53. The van der Waals surface area contributed by atoms with E-state index in [1.807, 2.05) is 24.3 Å². The van der Waals surface area contributed by atoms with E-state index < -0.39 is 20.6 Å². The van der Waals surface area contributed by atoms with Gasteiger partial charge in [-0.1, -0.05) is 41.3 Å². The van der Waals surface area contributed by atoms with Crippen LogP contribution in [0.2, 0.25) is 0 Å². The van der Waals surface area contributed by atoms with Gasteiger partial charge in [-0.25, -0.2) is 4.98 Å². The van der Waals surface area contributed by atoms with Gasteiger partial charge in [0.15, 0.2) is 0 Å². The Morgan fingerprint density at radius 1 is 0.711 bits per heavy atom. The molecule has 6 heteroatoms. The Morgan fingerprint density at radius 3 is 2.51 bits per heavy atom. The molecule has 0 fully saturated rings. The Bertz CT molecular complexity index is 2590. The maximum absolute atomic E-state index is 8.22. The number of aryl methyl sites for hydroxylation is 3. The third-order valence-corrected chi connectivity index (χ3v) is 7.16. The van der Waals surface area contributed by atoms with E-state index in [1.54, 1.807) is 79.1 Å². The number of benzene rings is 3. The van der Waals surface area contributed by atoms with Crippen molar-refractivity contribution in [2.45, 2.75) is 20.6 Å². The van der Waals surface area contributed by atoms with Crippen LogP contribution in [0.1, 0.15) is 29.2 Å². The second kappa shape index (κ2) is 12.9. The molecule has 5 nitrogen and oxygen atoms in total. The first-order valence-corrected chi connectivity index (χ1v) is 13.7. The topological polar surface area (TPSA) is 64.7 Å². The molecular weight excluding hydrogens is 733 g/mol. The SMILES string of the molecule is [2H]C([2H])([2H])c1ccc(-c2[c-]cccc2)nc1.[2H]C([2H])([2H])c1ccc2c(n1)oc1c(-c3cc(-c4ccc5ncccc5c4C([2H])([2H])[2H])ccn3)[c-]ccc12.[Ir]. The summed E-state index contributed by atoms with van der Waals surface area (Å²) in [5.41, 5.74) is 5.64. The van der Waals surface area contributed by atoms with Crippen LogP contribution in [0.3, 0.4) is 0 Å². The molecule has 1 radical (unpaired) electrons. The zero-order valence-corrected chi connectivity index (χ0v) is 25.9. The van der Waals surface area contributed by atoms with Crippen molar-refractivity contribution >= 4 is 33.0 Å². The molecule has 8 rings (SSSR count). The normalized spacial score (nSPS) is 14.6. The average Bonchev–Trinajstić information content (AvgIpc) is 3.52. The second-order valence-electron chi connectivity index (χ2n) is 9.94. The van der Waals surface area contributed by atoms with Crippen LogP contribution in [0.5, 0.6) is 0 Å². The van der Waals surface area contributed by atoms with Gasteiger partial charge in [-0.3, -0.25) is 4.98 Å². The number of fused-ring (bicyclic) bond motifs is 4. The molecule has 0 bridgehead atoms. The molecule has 0 aliphatic rings. The van der Waals surface area contributed by atoms with Gasteiger partial charge in [-0.2, -0.15) is 0 Å². The molecule has 0 amide bonds. The van der Waals surface area contributed by atoms with E-state index in [0.29, 0.717) is 44.3 Å². The van der Waals surface area contributed by atoms with Gasteiger partial charge in [0.2, 0.25) is 5.71 Å². The second-order valence-corrected chi connectivity index (χ2v) is 9.94. The Kier molecular flexibility index (Phi) is 5.98. The number of furan rings is 1. The van der Waals surface area contributed by atoms with Crippen LogP contribution in [-0.4, -0.2) is 19.9 Å². The fourth-order valence-corrected chi connectivity index (χ4v) is 5.05. The van der Waals surface area contributed by atoms with Crippen molar-refractivity contribution in [3.05, 3.63) is 145 Å². The molecule has 8 aromatic rings. The summed E-state index contributed by atoms with van der Waals surface area (Å²) in [6, 6.07) is 34.3. The molecule has 0 spiro atoms. The number of nitrogens with zero attached hydrogens (tertiary/aromatic N) is 4. The molecule has 221 valence electrons. The summed E-state index contributed by atoms with van der Waals surface area (Å²) in [4.78, 5) is 17.2. The van der Waals surface area contributed by atoms with Gasteiger partial charge in [-0.05, 0) is 84.5 Å². The third kappa shape index (κ3) is 6.03. The minimum Gasteiger partial charge on any atom is -0.486 e. The summed E-state index contributed by atoms with van der Waals surface area (Å²) in [5, 5.41) is 2.00. The maximum atomic E-state index is 8.22. The largest absolute Gasteiger partial charge is 0.486 e. The van der Waals surface area contributed by atoms with Crippen LogP contribution < -0.4 is 0 Å². The van der Waals surface area contributed by atoms with E-state index in [1.165, 1.54) is 12.3 Å². The third-order valence-electron chi connectivity index (χ3n) is 7.16. The van der Waals surface area contributed by atoms with Crippen molar-refractivity contribution < 1.29 is 36.9 Å². The van der Waals surface area contributed by atoms with E-state index in [4.69, 9.17) is 16.8 Å². The fraction of sp³-hybridized carbons (Fsp3) is 0.0769. The van der Waals surface area contributed by atoms with E-state index >= 15 is 0 Å². The summed E-state index contributed by atoms with van der Waals surface area (Å²) in [7, 11) is 0. The van der Waals surface area contributed by atoms with Gasteiger partial charge in [-0.15, -0.1) is 54.1 Å². The summed E-state index contributed by atoms with van der Waals surface area (Å²) in [5.74, 6) is 0. The van der Waals surface area contributed by atoms with Crippen molar-refractivity contribution in [2.24, 2.45) is 0 Å². The molecule has 0 unspecified atom stereocenters. The van der Waals surface area contributed by atoms with Gasteiger partial charge in [0.1, 0.15) is 0 Å². The number of rotatable bonds is 3. The zero-order valence-electron chi connectivity index (χ0n) is 32.5. The first-order valence-electron chi connectivity index (χ1n) is 18.2. The Hall–Kier alpha value is -5.03. The molecule has 0 saturated carbocycles. The summed E-state index contributed by atoms with van der Waals surface area (Å²) >= 11 is 0. The molecule has 5 aromatic heterocycles. The van der Waals surface area contributed by atoms with E-state index in [2.05, 4.69) is 32.1 Å². The van der Waals surface area contributed by atoms with Crippen molar-refractivity contribution in [1.82, 2.24) is 19.9 Å². The maximum Gasteiger partial charge on any atom is 0.216 e. The molecule has 0 atom stereocenters. The van der Waals surface area contributed by atoms with Crippen LogP contribution in [0.4, 0.5) is 0 Å². The minimum absolute atomic E-state index is 0. The molecule has 45 heavy (non-hydrogen) atoms. The van der Waals surface area contributed by atoms with Crippen LogP contribution >= 0.6 is 0 Å². The molecule has 3 aromatic carbocycles. The van der Waals surface area contributed by atoms with Crippen LogP contribution in [0.25, 0.3) is 66.6 Å². The molecule has 0 aliphatic carbocycles. The van der Waals surface area contributed by atoms with Crippen LogP contribution in [0.15, 0.2) is 120 Å². The monoisotopic (exact) mass is 770 g/mol. The van der Waals surface area contributed by atoms with E-state index in [-0.39, 0.29) is 42.6 Å². The smallest absolute Gasteiger partial charge is 0.216 e. The van der Waals surface area contributed by atoms with Crippen molar-refractivity contribution in [3.8, 4) is 33.6 Å². The molecular formula is C39H28IrN4O-2. The minimum atomic E-state index is -2.36. The van der Waals surface area contributed by atoms with Crippen LogP contribution in [0, 0.1) is 32.7 Å². The zero-order chi connectivity index (χ0) is 37.5. The quantitative estimate of drug-likeness (QED) is 0.168. The van der Waals surface area contributed by atoms with Crippen molar-refractivity contribution in [3.63, 3.8) is 0 Å². The fourth-order valence-electron chi connectivity index (χ4n) is 5.05. The van der Waals surface area contributed by atoms with Crippen molar-refractivity contribution in [2.75, 3.05) is 0 Å². The predicted molar refractivity (Wildman–Crippen MR) is 177 cm³/mol. The first-order chi connectivity index (χ1) is 25.2. The van der Waals surface area contributed by atoms with E-state index in [0.717, 1.165) is 16.6 Å². The van der Waals surface area contributed by atoms with Gasteiger partial charge < -0.3 is 14.4 Å². The van der Waals surface area contributed by atoms with Gasteiger partial charge in [0.25, 0.3) is 0 Å². The Balaban J connectivity index is 0.000000246. The number of hydrogen-bond acceptors (Lipinski definition) is 5. The number of pyridine rings is 4.